The van der Waals surface area contributed by atoms with Crippen molar-refractivity contribution in [2.75, 3.05) is 19.5 Å². The van der Waals surface area contributed by atoms with Crippen molar-refractivity contribution in [1.29, 1.82) is 0 Å². The number of nitrogens with one attached hydrogen (secondary N) is 1. The molecule has 0 spiro atoms. The normalized spacial score (nSPS) is 15.6. The summed E-state index contributed by atoms with van der Waals surface area (Å²) in [5.41, 5.74) is 2.84. The van der Waals surface area contributed by atoms with Crippen molar-refractivity contribution in [3.8, 4) is 11.5 Å². The van der Waals surface area contributed by atoms with Crippen LogP contribution in [0.3, 0.4) is 0 Å². The van der Waals surface area contributed by atoms with Crippen LogP contribution < -0.4 is 14.8 Å². The van der Waals surface area contributed by atoms with Crippen molar-refractivity contribution in [3.63, 3.8) is 0 Å². The van der Waals surface area contributed by atoms with E-state index in [1.54, 1.807) is 0 Å². The number of carboxylic acid groups (broad SMARTS) is 1. The number of carboxylic acids is 1. The second kappa shape index (κ2) is 8.12. The fraction of sp³-hybridized carbons (Fsp3) is 0.333. The number of benzene rings is 2. The molecule has 6 nitrogen and oxygen atoms in total. The van der Waals surface area contributed by atoms with E-state index in [0.29, 0.717) is 17.9 Å². The topological polar surface area (TPSA) is 84.9 Å². The first-order valence-electron chi connectivity index (χ1n) is 8.90. The Morgan fingerprint density at radius 2 is 1.96 bits per heavy atom. The van der Waals surface area contributed by atoms with E-state index in [1.165, 1.54) is 37.5 Å². The molecule has 0 aliphatic heterocycles. The lowest BCUT2D eigenvalue weighted by Crippen LogP contribution is -2.19. The Kier molecular flexibility index (Phi) is 5.64. The number of ether oxygens (including phenoxy) is 2. The van der Waals surface area contributed by atoms with Gasteiger partial charge >= 0.3 is 5.97 Å². The number of aryl methyl sites for hydroxylation is 1. The van der Waals surface area contributed by atoms with Crippen LogP contribution in [0.5, 0.6) is 11.5 Å². The maximum atomic E-state index is 12.7. The highest BCUT2D eigenvalue weighted by Gasteiger charge is 2.24. The standard InChI is InChI=1S/C21H23NO5/c1-26-18-11-15(21(24)25)10-17(20(18)27-2)22-19(23)12-14-8-5-7-13-6-3-4-9-16(13)14/h3-4,6,9-11,14H,5,7-8,12H2,1-2H3,(H,22,23)(H,24,25). The molecular formula is C21H23NO5. The van der Waals surface area contributed by atoms with Crippen molar-refractivity contribution in [1.82, 2.24) is 0 Å². The quantitative estimate of drug-likeness (QED) is 0.808. The van der Waals surface area contributed by atoms with E-state index < -0.39 is 5.97 Å². The van der Waals surface area contributed by atoms with E-state index in [0.717, 1.165) is 19.3 Å². The Bertz CT molecular complexity index is 862. The van der Waals surface area contributed by atoms with Crippen LogP contribution in [0.4, 0.5) is 5.69 Å². The SMILES string of the molecule is COc1cc(C(=O)O)cc(NC(=O)CC2CCCc3ccccc32)c1OC. The van der Waals surface area contributed by atoms with Crippen LogP contribution in [0.25, 0.3) is 0 Å². The Balaban J connectivity index is 1.82. The molecule has 142 valence electrons. The van der Waals surface area contributed by atoms with Crippen LogP contribution in [0.1, 0.15) is 46.7 Å². The van der Waals surface area contributed by atoms with Crippen molar-refractivity contribution in [2.24, 2.45) is 0 Å². The zero-order chi connectivity index (χ0) is 19.4. The highest BCUT2D eigenvalue weighted by molar-refractivity contribution is 5.97. The number of fused-ring (bicyclic) bond motifs is 1. The lowest BCUT2D eigenvalue weighted by atomic mass is 9.81. The first-order chi connectivity index (χ1) is 13.0. The summed E-state index contributed by atoms with van der Waals surface area (Å²) in [5, 5.41) is 12.1. The van der Waals surface area contributed by atoms with Gasteiger partial charge in [-0.05, 0) is 48.4 Å². The fourth-order valence-corrected chi connectivity index (χ4v) is 3.67. The monoisotopic (exact) mass is 369 g/mol. The van der Waals surface area contributed by atoms with Crippen LogP contribution in [-0.4, -0.2) is 31.2 Å². The zero-order valence-electron chi connectivity index (χ0n) is 15.5. The lowest BCUT2D eigenvalue weighted by Gasteiger charge is -2.25. The second-order valence-corrected chi connectivity index (χ2v) is 6.60. The molecule has 6 heteroatoms. The Hall–Kier alpha value is -3.02. The smallest absolute Gasteiger partial charge is 0.335 e. The molecule has 0 saturated carbocycles. The van der Waals surface area contributed by atoms with E-state index >= 15 is 0 Å². The predicted octanol–water partition coefficient (Wildman–Crippen LogP) is 3.85. The molecule has 1 unspecified atom stereocenters. The highest BCUT2D eigenvalue weighted by atomic mass is 16.5. The molecule has 2 aromatic rings. The molecule has 27 heavy (non-hydrogen) atoms. The molecule has 0 heterocycles. The van der Waals surface area contributed by atoms with E-state index in [9.17, 15) is 14.7 Å². The Morgan fingerprint density at radius 1 is 1.19 bits per heavy atom. The van der Waals surface area contributed by atoms with Gasteiger partial charge < -0.3 is 19.9 Å². The largest absolute Gasteiger partial charge is 0.493 e. The van der Waals surface area contributed by atoms with Crippen molar-refractivity contribution in [3.05, 3.63) is 53.1 Å². The van der Waals surface area contributed by atoms with Gasteiger partial charge in [-0.1, -0.05) is 24.3 Å². The third kappa shape index (κ3) is 4.05. The zero-order valence-corrected chi connectivity index (χ0v) is 15.5. The van der Waals surface area contributed by atoms with Crippen LogP contribution in [0.2, 0.25) is 0 Å². The van der Waals surface area contributed by atoms with E-state index in [1.807, 2.05) is 12.1 Å². The minimum atomic E-state index is -1.10. The Labute approximate surface area is 158 Å². The van der Waals surface area contributed by atoms with E-state index in [2.05, 4.69) is 17.4 Å². The summed E-state index contributed by atoms with van der Waals surface area (Å²) in [4.78, 5) is 24.0. The van der Waals surface area contributed by atoms with Gasteiger partial charge in [-0.2, -0.15) is 0 Å². The summed E-state index contributed by atoms with van der Waals surface area (Å²) >= 11 is 0. The van der Waals surface area contributed by atoms with Gasteiger partial charge in [-0.3, -0.25) is 4.79 Å². The minimum absolute atomic E-state index is 0.0194. The Morgan fingerprint density at radius 3 is 2.67 bits per heavy atom. The minimum Gasteiger partial charge on any atom is -0.493 e. The van der Waals surface area contributed by atoms with Gasteiger partial charge in [0.2, 0.25) is 5.91 Å². The average molecular weight is 369 g/mol. The highest BCUT2D eigenvalue weighted by Crippen LogP contribution is 2.38. The molecule has 1 aliphatic carbocycles. The molecule has 0 fully saturated rings. The van der Waals surface area contributed by atoms with Gasteiger partial charge in [0.1, 0.15) is 0 Å². The van der Waals surface area contributed by atoms with Gasteiger partial charge in [0.25, 0.3) is 0 Å². The summed E-state index contributed by atoms with van der Waals surface area (Å²) < 4.78 is 10.5. The van der Waals surface area contributed by atoms with Gasteiger partial charge in [-0.15, -0.1) is 0 Å². The second-order valence-electron chi connectivity index (χ2n) is 6.60. The maximum Gasteiger partial charge on any atom is 0.335 e. The number of carbonyl (C=O) groups is 2. The number of anilines is 1. The third-order valence-corrected chi connectivity index (χ3v) is 4.93. The van der Waals surface area contributed by atoms with Crippen molar-refractivity contribution >= 4 is 17.6 Å². The summed E-state index contributed by atoms with van der Waals surface area (Å²) in [5.74, 6) is -0.562. The summed E-state index contributed by atoms with van der Waals surface area (Å²) in [6, 6.07) is 11.0. The average Bonchev–Trinajstić information content (AvgIpc) is 2.67. The molecule has 1 aliphatic rings. The number of hydrogen-bond donors (Lipinski definition) is 2. The number of carbonyl (C=O) groups excluding carboxylic acids is 1. The number of aromatic carboxylic acids is 1. The van der Waals surface area contributed by atoms with Crippen LogP contribution in [0.15, 0.2) is 36.4 Å². The van der Waals surface area contributed by atoms with E-state index in [4.69, 9.17) is 9.47 Å². The lowest BCUT2D eigenvalue weighted by molar-refractivity contribution is -0.116. The van der Waals surface area contributed by atoms with Crippen LogP contribution in [-0.2, 0) is 11.2 Å². The molecular weight excluding hydrogens is 346 g/mol. The summed E-state index contributed by atoms with van der Waals surface area (Å²) in [6.45, 7) is 0. The first kappa shape index (κ1) is 18.8. The van der Waals surface area contributed by atoms with Crippen molar-refractivity contribution in [2.45, 2.75) is 31.6 Å². The van der Waals surface area contributed by atoms with Crippen LogP contribution in [0, 0.1) is 0 Å². The molecule has 1 amide bonds. The molecule has 2 aromatic carbocycles. The molecule has 3 rings (SSSR count). The van der Waals surface area contributed by atoms with E-state index in [-0.39, 0.29) is 23.1 Å². The summed E-state index contributed by atoms with van der Waals surface area (Å²) in [7, 11) is 2.87. The van der Waals surface area contributed by atoms with Gasteiger partial charge in [-0.25, -0.2) is 4.79 Å². The molecule has 0 aromatic heterocycles. The first-order valence-corrected chi connectivity index (χ1v) is 8.90. The fourth-order valence-electron chi connectivity index (χ4n) is 3.67. The molecule has 0 radical (unpaired) electrons. The van der Waals surface area contributed by atoms with Crippen LogP contribution >= 0.6 is 0 Å². The number of methoxy groups -OCH3 is 2. The van der Waals surface area contributed by atoms with Gasteiger partial charge in [0.15, 0.2) is 11.5 Å². The summed E-state index contributed by atoms with van der Waals surface area (Å²) in [6.07, 6.45) is 3.39. The van der Waals surface area contributed by atoms with Crippen molar-refractivity contribution < 1.29 is 24.2 Å². The number of hydrogen-bond acceptors (Lipinski definition) is 4. The molecule has 0 bridgehead atoms. The number of amides is 1. The number of rotatable bonds is 6. The predicted molar refractivity (Wildman–Crippen MR) is 102 cm³/mol. The molecule has 2 N–H and O–H groups in total. The van der Waals surface area contributed by atoms with Gasteiger partial charge in [0, 0.05) is 6.42 Å². The van der Waals surface area contributed by atoms with Gasteiger partial charge in [0.05, 0.1) is 25.5 Å². The maximum absolute atomic E-state index is 12.7. The third-order valence-electron chi connectivity index (χ3n) is 4.93. The molecule has 1 atom stereocenters. The molecule has 0 saturated heterocycles.